The zero-order valence-electron chi connectivity index (χ0n) is 18.3. The van der Waals surface area contributed by atoms with E-state index >= 15 is 0 Å². The topological polar surface area (TPSA) is 76.7 Å². The third-order valence-electron chi connectivity index (χ3n) is 4.65. The Morgan fingerprint density at radius 3 is 2.22 bits per heavy atom. The molecular formula is C26H26N2O4. The lowest BCUT2D eigenvalue weighted by molar-refractivity contribution is -0.127. The molecule has 6 nitrogen and oxygen atoms in total. The average molecular weight is 431 g/mol. The summed E-state index contributed by atoms with van der Waals surface area (Å²) >= 11 is 0. The molecule has 3 rings (SSSR count). The number of methoxy groups -OCH3 is 1. The number of rotatable bonds is 7. The predicted octanol–water partition coefficient (Wildman–Crippen LogP) is 4.08. The maximum absolute atomic E-state index is 12.9. The molecule has 0 aromatic heterocycles. The van der Waals surface area contributed by atoms with Crippen LogP contribution in [0, 0.1) is 13.8 Å². The van der Waals surface area contributed by atoms with E-state index < -0.39 is 11.8 Å². The van der Waals surface area contributed by atoms with Crippen molar-refractivity contribution >= 4 is 23.5 Å². The minimum Gasteiger partial charge on any atom is -0.496 e. The fourth-order valence-electron chi connectivity index (χ4n) is 3.23. The average Bonchev–Trinajstić information content (AvgIpc) is 2.80. The molecule has 0 radical (unpaired) electrons. The molecular weight excluding hydrogens is 404 g/mol. The molecule has 3 aromatic carbocycles. The standard InChI is InChI=1S/C26H26N2O4/c1-18-13-19(2)15-22(14-18)32-17-25(29)27-28-26(30)23(20-9-5-4-6-10-20)16-21-11-7-8-12-24(21)31-3/h4-16H,17H2,1-3H3,(H,27,29)(H,28,30)/b23-16+. The van der Waals surface area contributed by atoms with Crippen LogP contribution < -0.4 is 20.3 Å². The van der Waals surface area contributed by atoms with Crippen LogP contribution >= 0.6 is 0 Å². The number of benzene rings is 3. The van der Waals surface area contributed by atoms with Gasteiger partial charge in [-0.05, 0) is 54.8 Å². The Hall–Kier alpha value is -4.06. The van der Waals surface area contributed by atoms with E-state index in [4.69, 9.17) is 9.47 Å². The highest BCUT2D eigenvalue weighted by molar-refractivity contribution is 6.24. The summed E-state index contributed by atoms with van der Waals surface area (Å²) in [6, 6.07) is 22.3. The molecule has 0 unspecified atom stereocenters. The maximum Gasteiger partial charge on any atom is 0.276 e. The number of hydrazine groups is 1. The zero-order chi connectivity index (χ0) is 22.9. The Bertz CT molecular complexity index is 1100. The summed E-state index contributed by atoms with van der Waals surface area (Å²) in [5.74, 6) is 0.314. The number of para-hydroxylation sites is 1. The molecule has 0 aliphatic carbocycles. The lowest BCUT2D eigenvalue weighted by atomic mass is 10.0. The van der Waals surface area contributed by atoms with E-state index in [1.165, 1.54) is 0 Å². The first kappa shape index (κ1) is 22.6. The van der Waals surface area contributed by atoms with Crippen LogP contribution in [-0.2, 0) is 9.59 Å². The molecule has 3 aromatic rings. The third-order valence-corrected chi connectivity index (χ3v) is 4.65. The third kappa shape index (κ3) is 6.22. The van der Waals surface area contributed by atoms with Gasteiger partial charge in [0, 0.05) is 11.1 Å². The number of nitrogens with one attached hydrogen (secondary N) is 2. The summed E-state index contributed by atoms with van der Waals surface area (Å²) in [7, 11) is 1.57. The first-order valence-electron chi connectivity index (χ1n) is 10.2. The number of carbonyl (C=O) groups excluding carboxylic acids is 2. The van der Waals surface area contributed by atoms with Gasteiger partial charge in [-0.3, -0.25) is 20.4 Å². The van der Waals surface area contributed by atoms with Gasteiger partial charge in [-0.15, -0.1) is 0 Å². The number of aryl methyl sites for hydroxylation is 2. The summed E-state index contributed by atoms with van der Waals surface area (Å²) in [5, 5.41) is 0. The molecule has 0 spiro atoms. The van der Waals surface area contributed by atoms with Crippen molar-refractivity contribution < 1.29 is 19.1 Å². The van der Waals surface area contributed by atoms with Crippen LogP contribution in [0.25, 0.3) is 11.6 Å². The molecule has 164 valence electrons. The van der Waals surface area contributed by atoms with Gasteiger partial charge < -0.3 is 9.47 Å². The summed E-state index contributed by atoms with van der Waals surface area (Å²) in [5.41, 5.74) is 8.80. The van der Waals surface area contributed by atoms with Gasteiger partial charge in [-0.1, -0.05) is 54.6 Å². The first-order valence-corrected chi connectivity index (χ1v) is 10.2. The molecule has 2 N–H and O–H groups in total. The minimum atomic E-state index is -0.470. The van der Waals surface area contributed by atoms with E-state index in [0.717, 1.165) is 16.7 Å². The van der Waals surface area contributed by atoms with Crippen LogP contribution in [0.1, 0.15) is 22.3 Å². The van der Waals surface area contributed by atoms with Crippen molar-refractivity contribution in [1.29, 1.82) is 0 Å². The Labute approximate surface area is 187 Å². The molecule has 0 aliphatic rings. The number of carbonyl (C=O) groups is 2. The second-order valence-electron chi connectivity index (χ2n) is 7.28. The lowest BCUT2D eigenvalue weighted by Gasteiger charge is -2.13. The van der Waals surface area contributed by atoms with Gasteiger partial charge >= 0.3 is 0 Å². The van der Waals surface area contributed by atoms with Crippen LogP contribution in [0.5, 0.6) is 11.5 Å². The number of ether oxygens (including phenoxy) is 2. The van der Waals surface area contributed by atoms with E-state index in [0.29, 0.717) is 22.6 Å². The molecule has 0 heterocycles. The molecule has 6 heteroatoms. The lowest BCUT2D eigenvalue weighted by Crippen LogP contribution is -2.44. The van der Waals surface area contributed by atoms with E-state index in [9.17, 15) is 9.59 Å². The molecule has 0 fully saturated rings. The molecule has 0 aliphatic heterocycles. The fourth-order valence-corrected chi connectivity index (χ4v) is 3.23. The van der Waals surface area contributed by atoms with E-state index in [1.807, 2.05) is 86.6 Å². The molecule has 0 saturated carbocycles. The molecule has 2 amide bonds. The molecule has 0 saturated heterocycles. The highest BCUT2D eigenvalue weighted by atomic mass is 16.5. The van der Waals surface area contributed by atoms with Gasteiger partial charge in [0.05, 0.1) is 7.11 Å². The Balaban J connectivity index is 1.70. The van der Waals surface area contributed by atoms with Crippen molar-refractivity contribution in [3.8, 4) is 11.5 Å². The maximum atomic E-state index is 12.9. The quantitative estimate of drug-likeness (QED) is 0.336. The number of hydrogen-bond acceptors (Lipinski definition) is 4. The van der Waals surface area contributed by atoms with Gasteiger partial charge in [0.25, 0.3) is 11.8 Å². The van der Waals surface area contributed by atoms with Gasteiger partial charge in [0.2, 0.25) is 0 Å². The SMILES string of the molecule is COc1ccccc1/C=C(/C(=O)NNC(=O)COc1cc(C)cc(C)c1)c1ccccc1. The van der Waals surface area contributed by atoms with E-state index in [2.05, 4.69) is 10.9 Å². The van der Waals surface area contributed by atoms with Gasteiger partial charge in [-0.2, -0.15) is 0 Å². The van der Waals surface area contributed by atoms with E-state index in [1.54, 1.807) is 13.2 Å². The van der Waals surface area contributed by atoms with Crippen molar-refractivity contribution in [3.05, 3.63) is 95.1 Å². The summed E-state index contributed by atoms with van der Waals surface area (Å²) < 4.78 is 10.9. The fraction of sp³-hybridized carbons (Fsp3) is 0.154. The van der Waals surface area contributed by atoms with Crippen molar-refractivity contribution in [2.24, 2.45) is 0 Å². The smallest absolute Gasteiger partial charge is 0.276 e. The number of hydrogen-bond donors (Lipinski definition) is 2. The molecule has 0 atom stereocenters. The largest absolute Gasteiger partial charge is 0.496 e. The van der Waals surface area contributed by atoms with Crippen molar-refractivity contribution in [1.82, 2.24) is 10.9 Å². The van der Waals surface area contributed by atoms with Crippen LogP contribution in [0.3, 0.4) is 0 Å². The second kappa shape index (κ2) is 10.8. The Morgan fingerprint density at radius 1 is 0.875 bits per heavy atom. The van der Waals surface area contributed by atoms with Gasteiger partial charge in [0.1, 0.15) is 11.5 Å². The zero-order valence-corrected chi connectivity index (χ0v) is 18.3. The highest BCUT2D eigenvalue weighted by Gasteiger charge is 2.14. The van der Waals surface area contributed by atoms with Crippen LogP contribution in [0.4, 0.5) is 0 Å². The monoisotopic (exact) mass is 430 g/mol. The highest BCUT2D eigenvalue weighted by Crippen LogP contribution is 2.24. The first-order chi connectivity index (χ1) is 15.5. The van der Waals surface area contributed by atoms with Gasteiger partial charge in [-0.25, -0.2) is 0 Å². The van der Waals surface area contributed by atoms with Crippen molar-refractivity contribution in [2.75, 3.05) is 13.7 Å². The number of amides is 2. The molecule has 0 bridgehead atoms. The summed E-state index contributed by atoms with van der Waals surface area (Å²) in [6.07, 6.45) is 1.72. The van der Waals surface area contributed by atoms with Crippen molar-refractivity contribution in [2.45, 2.75) is 13.8 Å². The predicted molar refractivity (Wildman–Crippen MR) is 125 cm³/mol. The van der Waals surface area contributed by atoms with Crippen LogP contribution in [0.15, 0.2) is 72.8 Å². The molecule has 32 heavy (non-hydrogen) atoms. The Morgan fingerprint density at radius 2 is 1.53 bits per heavy atom. The minimum absolute atomic E-state index is 0.222. The van der Waals surface area contributed by atoms with Crippen LogP contribution in [-0.4, -0.2) is 25.5 Å². The summed E-state index contributed by atoms with van der Waals surface area (Å²) in [4.78, 5) is 25.2. The van der Waals surface area contributed by atoms with E-state index in [-0.39, 0.29) is 6.61 Å². The second-order valence-corrected chi connectivity index (χ2v) is 7.28. The summed E-state index contributed by atoms with van der Waals surface area (Å²) in [6.45, 7) is 3.69. The Kier molecular flexibility index (Phi) is 7.65. The van der Waals surface area contributed by atoms with Crippen LogP contribution in [0.2, 0.25) is 0 Å². The van der Waals surface area contributed by atoms with Crippen molar-refractivity contribution in [3.63, 3.8) is 0 Å². The normalized spacial score (nSPS) is 10.9. The van der Waals surface area contributed by atoms with Gasteiger partial charge in [0.15, 0.2) is 6.61 Å².